The number of carboxylic acids is 1. The summed E-state index contributed by atoms with van der Waals surface area (Å²) in [5, 5.41) is 16.6. The molecule has 1 aromatic heterocycles. The molecule has 1 fully saturated rings. The van der Waals surface area contributed by atoms with Crippen LogP contribution < -0.4 is 10.1 Å². The van der Waals surface area contributed by atoms with Crippen molar-refractivity contribution in [3.05, 3.63) is 63.4 Å². The number of benzene rings is 1. The first-order valence-electron chi connectivity index (χ1n) is 16.0. The quantitative estimate of drug-likeness (QED) is 0.114. The van der Waals surface area contributed by atoms with Gasteiger partial charge in [0.1, 0.15) is 11.4 Å². The highest BCUT2D eigenvalue weighted by Crippen LogP contribution is 2.33. The largest absolute Gasteiger partial charge is 0.485 e. The highest BCUT2D eigenvalue weighted by Gasteiger charge is 2.36. The number of carbonyl (C=O) groups excluding carboxylic acids is 1. The number of carbonyl (C=O) groups is 2. The lowest BCUT2D eigenvalue weighted by Crippen LogP contribution is -2.36. The summed E-state index contributed by atoms with van der Waals surface area (Å²) in [6.07, 6.45) is 4.27. The predicted octanol–water partition coefficient (Wildman–Crippen LogP) is 6.51. The number of nitrogens with zero attached hydrogens (tertiary/aromatic N) is 6. The Balaban J connectivity index is 1.34. The van der Waals surface area contributed by atoms with Gasteiger partial charge in [0.25, 0.3) is 0 Å². The number of ether oxygens (including phenoxy) is 2. The molecule has 0 bridgehead atoms. The van der Waals surface area contributed by atoms with Crippen molar-refractivity contribution in [2.24, 2.45) is 5.11 Å². The summed E-state index contributed by atoms with van der Waals surface area (Å²) in [6.45, 7) is 10.4. The molecule has 0 saturated carbocycles. The Morgan fingerprint density at radius 2 is 2.00 bits per heavy atom. The van der Waals surface area contributed by atoms with Crippen LogP contribution in [0.15, 0.2) is 35.4 Å². The normalized spacial score (nSPS) is 15.6. The van der Waals surface area contributed by atoms with E-state index in [-0.39, 0.29) is 18.2 Å². The summed E-state index contributed by atoms with van der Waals surface area (Å²) in [7, 11) is 0. The zero-order valence-corrected chi connectivity index (χ0v) is 27.3. The lowest BCUT2D eigenvalue weighted by Gasteiger charge is -2.31. The molecule has 4 rings (SSSR count). The van der Waals surface area contributed by atoms with Crippen molar-refractivity contribution in [1.29, 1.82) is 0 Å². The number of fused-ring (bicyclic) bond motifs is 1. The first kappa shape index (κ1) is 34.8. The number of nitrogens with one attached hydrogen (secondary N) is 1. The topological polar surface area (TPSA) is 153 Å². The average molecular weight is 640 g/mol. The van der Waals surface area contributed by atoms with Crippen LogP contribution in [0.5, 0.6) is 5.75 Å². The van der Waals surface area contributed by atoms with Gasteiger partial charge in [-0.3, -0.25) is 4.79 Å². The van der Waals surface area contributed by atoms with E-state index in [0.29, 0.717) is 51.2 Å². The van der Waals surface area contributed by atoms with Crippen molar-refractivity contribution in [3.8, 4) is 5.75 Å². The van der Waals surface area contributed by atoms with Gasteiger partial charge in [0.15, 0.2) is 11.6 Å². The summed E-state index contributed by atoms with van der Waals surface area (Å²) in [6, 6.07) is 7.47. The summed E-state index contributed by atoms with van der Waals surface area (Å²) in [5.41, 5.74) is 9.83. The number of pyridine rings is 1. The lowest BCUT2D eigenvalue weighted by atomic mass is 10.0. The molecule has 13 heteroatoms. The molecule has 2 aliphatic heterocycles. The number of anilines is 1. The van der Waals surface area contributed by atoms with Gasteiger partial charge in [-0.15, -0.1) is 0 Å². The molecule has 1 atom stereocenters. The van der Waals surface area contributed by atoms with E-state index in [1.54, 1.807) is 11.0 Å². The fraction of sp³-hybridized carbons (Fsp3) is 0.606. The Kier molecular flexibility index (Phi) is 11.7. The molecule has 1 saturated heterocycles. The number of carboxylic acid groups (broad SMARTS) is 1. The molecule has 0 spiro atoms. The summed E-state index contributed by atoms with van der Waals surface area (Å²) in [4.78, 5) is 36.0. The maximum Gasteiger partial charge on any atom is 0.320 e. The zero-order chi connectivity index (χ0) is 33.3. The van der Waals surface area contributed by atoms with Gasteiger partial charge in [-0.25, -0.2) is 14.2 Å². The van der Waals surface area contributed by atoms with E-state index in [4.69, 9.17) is 20.0 Å². The number of halogens is 1. The highest BCUT2D eigenvalue weighted by atomic mass is 19.1. The third-order valence-electron chi connectivity index (χ3n) is 8.48. The molecule has 0 radical (unpaired) electrons. The number of hydrogen-bond donors (Lipinski definition) is 2. The minimum atomic E-state index is -1.08. The number of aliphatic carboxylic acids is 1. The van der Waals surface area contributed by atoms with Crippen LogP contribution in [-0.4, -0.2) is 82.4 Å². The van der Waals surface area contributed by atoms with Crippen molar-refractivity contribution in [1.82, 2.24) is 14.8 Å². The molecule has 46 heavy (non-hydrogen) atoms. The van der Waals surface area contributed by atoms with Crippen LogP contribution in [-0.2, 0) is 22.4 Å². The molecule has 3 heterocycles. The third kappa shape index (κ3) is 9.70. The monoisotopic (exact) mass is 639 g/mol. The first-order valence-corrected chi connectivity index (χ1v) is 16.0. The third-order valence-corrected chi connectivity index (χ3v) is 8.48. The molecule has 2 N–H and O–H groups in total. The Morgan fingerprint density at radius 3 is 2.74 bits per heavy atom. The fourth-order valence-electron chi connectivity index (χ4n) is 5.80. The number of rotatable bonds is 17. The number of urea groups is 1. The molecule has 2 aliphatic rings. The molecule has 12 nitrogen and oxygen atoms in total. The van der Waals surface area contributed by atoms with Crippen LogP contribution in [0.1, 0.15) is 82.7 Å². The minimum Gasteiger partial charge on any atom is -0.485 e. The minimum absolute atomic E-state index is 0.0332. The molecule has 1 aromatic carbocycles. The van der Waals surface area contributed by atoms with Gasteiger partial charge in [-0.05, 0) is 94.7 Å². The maximum atomic E-state index is 15.4. The van der Waals surface area contributed by atoms with Crippen LogP contribution in [0.2, 0.25) is 0 Å². The van der Waals surface area contributed by atoms with Gasteiger partial charge in [-0.1, -0.05) is 17.2 Å². The van der Waals surface area contributed by atoms with E-state index in [9.17, 15) is 14.7 Å². The van der Waals surface area contributed by atoms with Gasteiger partial charge in [0.2, 0.25) is 0 Å². The number of amides is 2. The molecule has 250 valence electrons. The molecule has 2 amide bonds. The second-order valence-corrected chi connectivity index (χ2v) is 13.1. The van der Waals surface area contributed by atoms with Crippen LogP contribution in [0.4, 0.5) is 15.0 Å². The summed E-state index contributed by atoms with van der Waals surface area (Å²) in [5.74, 6) is -0.727. The molecular formula is C33H46FN7O5. The highest BCUT2D eigenvalue weighted by molar-refractivity contribution is 5.78. The van der Waals surface area contributed by atoms with Gasteiger partial charge in [0, 0.05) is 49.8 Å². The first-order chi connectivity index (χ1) is 21.9. The Hall–Kier alpha value is -4.09. The second kappa shape index (κ2) is 15.5. The van der Waals surface area contributed by atoms with Crippen LogP contribution in [0.3, 0.4) is 0 Å². The van der Waals surface area contributed by atoms with E-state index in [2.05, 4.69) is 21.4 Å². The Labute approximate surface area is 269 Å². The smallest absolute Gasteiger partial charge is 0.320 e. The SMILES string of the molecule is CC(C)(CCN=[N+]=[N-])OCCC(C)(C)Oc1ccc([C@H](CC(=O)O)N2CCN(CCCc3ccc4c(n3)NCCC4)C2=O)cc1F. The summed E-state index contributed by atoms with van der Waals surface area (Å²) < 4.78 is 27.3. The predicted molar refractivity (Wildman–Crippen MR) is 172 cm³/mol. The lowest BCUT2D eigenvalue weighted by molar-refractivity contribution is -0.138. The van der Waals surface area contributed by atoms with Crippen molar-refractivity contribution >= 4 is 17.8 Å². The van der Waals surface area contributed by atoms with Crippen LogP contribution in [0, 0.1) is 5.82 Å². The molecule has 2 aromatic rings. The van der Waals surface area contributed by atoms with Crippen LogP contribution in [0.25, 0.3) is 10.4 Å². The van der Waals surface area contributed by atoms with E-state index in [0.717, 1.165) is 43.7 Å². The zero-order valence-electron chi connectivity index (χ0n) is 27.3. The van der Waals surface area contributed by atoms with Gasteiger partial charge in [-0.2, -0.15) is 0 Å². The average Bonchev–Trinajstić information content (AvgIpc) is 3.36. The number of aryl methyl sites for hydroxylation is 2. The standard InChI is InChI=1S/C33H46FN7O5/c1-32(2,13-16-37-39-35)45-20-14-33(3,4)46-28-12-10-24(21-26(28)34)27(22-29(42)43)41-19-18-40(31(41)44)17-6-8-25-11-9-23-7-5-15-36-30(23)38-25/h9-12,21,27H,5-8,13-20,22H2,1-4H3,(H,36,38)(H,42,43)/t27-/m0/s1. The van der Waals surface area contributed by atoms with Crippen molar-refractivity contribution in [2.75, 3.05) is 44.6 Å². The van der Waals surface area contributed by atoms with E-state index in [1.165, 1.54) is 22.6 Å². The Morgan fingerprint density at radius 1 is 1.20 bits per heavy atom. The fourth-order valence-corrected chi connectivity index (χ4v) is 5.80. The van der Waals surface area contributed by atoms with E-state index < -0.39 is 29.0 Å². The van der Waals surface area contributed by atoms with Crippen molar-refractivity contribution in [3.63, 3.8) is 0 Å². The van der Waals surface area contributed by atoms with Gasteiger partial charge < -0.3 is 29.7 Å². The number of hydrogen-bond acceptors (Lipinski definition) is 7. The number of azide groups is 1. The van der Waals surface area contributed by atoms with Gasteiger partial charge >= 0.3 is 12.0 Å². The van der Waals surface area contributed by atoms with Crippen molar-refractivity contribution in [2.45, 2.75) is 89.9 Å². The molecule has 0 aliphatic carbocycles. The van der Waals surface area contributed by atoms with Crippen molar-refractivity contribution < 1.29 is 28.6 Å². The number of aromatic nitrogens is 1. The Bertz CT molecular complexity index is 1430. The van der Waals surface area contributed by atoms with Gasteiger partial charge in [0.05, 0.1) is 24.7 Å². The van der Waals surface area contributed by atoms with E-state index >= 15 is 4.39 Å². The summed E-state index contributed by atoms with van der Waals surface area (Å²) >= 11 is 0. The molecular weight excluding hydrogens is 593 g/mol. The van der Waals surface area contributed by atoms with E-state index in [1.807, 2.05) is 33.8 Å². The maximum absolute atomic E-state index is 15.4. The molecule has 0 unspecified atom stereocenters. The second-order valence-electron chi connectivity index (χ2n) is 13.1. The van der Waals surface area contributed by atoms with Crippen LogP contribution >= 0.6 is 0 Å².